The largest absolute Gasteiger partial charge is 0.328 e. The number of imide groups is 4. The van der Waals surface area contributed by atoms with Crippen molar-refractivity contribution >= 4 is 35.7 Å². The van der Waals surface area contributed by atoms with Crippen molar-refractivity contribution in [1.29, 1.82) is 0 Å². The minimum atomic E-state index is -1.16. The molecule has 0 radical (unpaired) electrons. The molecule has 118 valence electrons. The highest BCUT2D eigenvalue weighted by Gasteiger charge is 2.31. The molecule has 0 spiro atoms. The molecule has 8 amide bonds. The van der Waals surface area contributed by atoms with E-state index in [2.05, 4.69) is 0 Å². The molecule has 2 aliphatic rings. The van der Waals surface area contributed by atoms with Crippen LogP contribution in [0.4, 0.5) is 9.59 Å². The molecule has 2 fully saturated rings. The maximum atomic E-state index is 11.4. The molecule has 0 aliphatic carbocycles. The van der Waals surface area contributed by atoms with Crippen LogP contribution >= 0.6 is 0 Å². The monoisotopic (exact) mass is 318 g/mol. The minimum Gasteiger partial charge on any atom is -0.277 e. The van der Waals surface area contributed by atoms with Crippen molar-refractivity contribution in [3.63, 3.8) is 0 Å². The molecule has 2 saturated heterocycles. The van der Waals surface area contributed by atoms with Gasteiger partial charge >= 0.3 is 12.1 Å². The van der Waals surface area contributed by atoms with E-state index in [-0.39, 0.29) is 5.57 Å². The van der Waals surface area contributed by atoms with Crippen molar-refractivity contribution in [2.24, 2.45) is 5.92 Å². The lowest BCUT2D eigenvalue weighted by atomic mass is 10.1. The number of urea groups is 2. The predicted octanol–water partition coefficient (Wildman–Crippen LogP) is -1.63. The van der Waals surface area contributed by atoms with Gasteiger partial charge in [0.15, 0.2) is 0 Å². The molecule has 10 nitrogen and oxygen atoms in total. The van der Waals surface area contributed by atoms with Gasteiger partial charge in [-0.15, -0.1) is 0 Å². The molecule has 2 heterocycles. The molecule has 0 atom stereocenters. The molecule has 23 heavy (non-hydrogen) atoms. The fourth-order valence-electron chi connectivity index (χ4n) is 1.72. The van der Waals surface area contributed by atoms with E-state index in [0.29, 0.717) is 0 Å². The van der Waals surface area contributed by atoms with Crippen molar-refractivity contribution in [2.45, 2.75) is 0 Å². The Balaban J connectivity index is 2.00. The number of hydrogen-bond donors (Lipinski definition) is 4. The SMILES string of the molecule is O=C1NC(=O)C(=C/C=C/C=C/C2C(=O)NC(=O)NC2=O)C(=O)N1. The van der Waals surface area contributed by atoms with Gasteiger partial charge in [-0.2, -0.15) is 0 Å². The van der Waals surface area contributed by atoms with Gasteiger partial charge in [0.05, 0.1) is 0 Å². The number of rotatable bonds is 3. The average molecular weight is 318 g/mol. The second kappa shape index (κ2) is 6.47. The highest BCUT2D eigenvalue weighted by atomic mass is 16.2. The Kier molecular flexibility index (Phi) is 4.45. The van der Waals surface area contributed by atoms with Gasteiger partial charge in [-0.1, -0.05) is 24.3 Å². The molecular formula is C13H10N4O6. The van der Waals surface area contributed by atoms with Crippen molar-refractivity contribution < 1.29 is 28.8 Å². The Bertz CT molecular complexity index is 676. The van der Waals surface area contributed by atoms with E-state index in [0.717, 1.165) is 6.08 Å². The van der Waals surface area contributed by atoms with Crippen LogP contribution in [-0.4, -0.2) is 35.7 Å². The maximum Gasteiger partial charge on any atom is 0.328 e. The molecule has 0 bridgehead atoms. The summed E-state index contributed by atoms with van der Waals surface area (Å²) < 4.78 is 0. The molecule has 0 aromatic heterocycles. The van der Waals surface area contributed by atoms with E-state index in [9.17, 15) is 28.8 Å². The van der Waals surface area contributed by atoms with Crippen LogP contribution in [0.2, 0.25) is 0 Å². The van der Waals surface area contributed by atoms with Gasteiger partial charge in [0.2, 0.25) is 11.8 Å². The Morgan fingerprint density at radius 1 is 0.652 bits per heavy atom. The van der Waals surface area contributed by atoms with E-state index >= 15 is 0 Å². The normalized spacial score (nSPS) is 19.7. The lowest BCUT2D eigenvalue weighted by Gasteiger charge is -2.17. The number of carbonyl (C=O) groups excluding carboxylic acids is 6. The third-order valence-electron chi connectivity index (χ3n) is 2.77. The minimum absolute atomic E-state index is 0.270. The molecule has 0 aromatic carbocycles. The molecule has 2 aliphatic heterocycles. The number of allylic oxidation sites excluding steroid dienone is 4. The number of amides is 8. The van der Waals surface area contributed by atoms with Crippen molar-refractivity contribution in [1.82, 2.24) is 21.3 Å². The van der Waals surface area contributed by atoms with E-state index in [1.165, 1.54) is 24.3 Å². The third-order valence-corrected chi connectivity index (χ3v) is 2.77. The molecule has 0 aromatic rings. The van der Waals surface area contributed by atoms with Crippen LogP contribution in [0.3, 0.4) is 0 Å². The number of nitrogens with one attached hydrogen (secondary N) is 4. The van der Waals surface area contributed by atoms with Crippen molar-refractivity contribution in [3.8, 4) is 0 Å². The van der Waals surface area contributed by atoms with Crippen LogP contribution in [0, 0.1) is 5.92 Å². The predicted molar refractivity (Wildman–Crippen MR) is 73.2 cm³/mol. The number of barbiturate groups is 2. The van der Waals surface area contributed by atoms with Crippen LogP contribution < -0.4 is 21.3 Å². The average Bonchev–Trinajstić information content (AvgIpc) is 2.42. The summed E-state index contributed by atoms with van der Waals surface area (Å²) >= 11 is 0. The summed E-state index contributed by atoms with van der Waals surface area (Å²) in [6.45, 7) is 0. The highest BCUT2D eigenvalue weighted by molar-refractivity contribution is 6.29. The van der Waals surface area contributed by atoms with Gasteiger partial charge in [0, 0.05) is 0 Å². The summed E-state index contributed by atoms with van der Waals surface area (Å²) in [5.41, 5.74) is -0.270. The quantitative estimate of drug-likeness (QED) is 0.212. The van der Waals surface area contributed by atoms with E-state index in [1.54, 1.807) is 0 Å². The number of hydrogen-bond acceptors (Lipinski definition) is 6. The summed E-state index contributed by atoms with van der Waals surface area (Å²) in [4.78, 5) is 67.3. The van der Waals surface area contributed by atoms with Crippen molar-refractivity contribution in [3.05, 3.63) is 36.0 Å². The summed E-state index contributed by atoms with van der Waals surface area (Å²) in [7, 11) is 0. The molecule has 0 unspecified atom stereocenters. The first-order chi connectivity index (χ1) is 10.9. The fraction of sp³-hybridized carbons (Fsp3) is 0.0769. The Morgan fingerprint density at radius 3 is 1.74 bits per heavy atom. The zero-order valence-electron chi connectivity index (χ0n) is 11.4. The lowest BCUT2D eigenvalue weighted by molar-refractivity contribution is -0.134. The second-order valence-corrected chi connectivity index (χ2v) is 4.37. The van der Waals surface area contributed by atoms with Crippen molar-refractivity contribution in [2.75, 3.05) is 0 Å². The Labute approximate surface area is 128 Å². The number of carbonyl (C=O) groups is 6. The summed E-state index contributed by atoms with van der Waals surface area (Å²) in [5.74, 6) is -4.35. The first-order valence-electron chi connectivity index (χ1n) is 6.26. The zero-order valence-corrected chi connectivity index (χ0v) is 11.4. The summed E-state index contributed by atoms with van der Waals surface area (Å²) in [5, 5.41) is 7.67. The lowest BCUT2D eigenvalue weighted by Crippen LogP contribution is -2.55. The van der Waals surface area contributed by atoms with Crippen LogP contribution in [-0.2, 0) is 19.2 Å². The van der Waals surface area contributed by atoms with Crippen LogP contribution in [0.1, 0.15) is 0 Å². The van der Waals surface area contributed by atoms with Gasteiger partial charge in [0.25, 0.3) is 11.8 Å². The van der Waals surface area contributed by atoms with Gasteiger partial charge in [-0.05, 0) is 6.08 Å². The molecule has 0 saturated carbocycles. The van der Waals surface area contributed by atoms with E-state index in [1.807, 2.05) is 21.3 Å². The maximum absolute atomic E-state index is 11.4. The van der Waals surface area contributed by atoms with Crippen LogP contribution in [0.25, 0.3) is 0 Å². The summed E-state index contributed by atoms with van der Waals surface area (Å²) in [6, 6.07) is -1.78. The molecular weight excluding hydrogens is 308 g/mol. The molecule has 2 rings (SSSR count). The smallest absolute Gasteiger partial charge is 0.277 e. The van der Waals surface area contributed by atoms with Gasteiger partial charge < -0.3 is 0 Å². The second-order valence-electron chi connectivity index (χ2n) is 4.37. The van der Waals surface area contributed by atoms with Gasteiger partial charge in [-0.3, -0.25) is 40.4 Å². The van der Waals surface area contributed by atoms with Gasteiger partial charge in [-0.25, -0.2) is 9.59 Å². The zero-order chi connectivity index (χ0) is 17.0. The molecule has 10 heteroatoms. The van der Waals surface area contributed by atoms with Crippen LogP contribution in [0.15, 0.2) is 36.0 Å². The highest BCUT2D eigenvalue weighted by Crippen LogP contribution is 2.05. The topological polar surface area (TPSA) is 151 Å². The first kappa shape index (κ1) is 15.8. The Hall–Kier alpha value is -3.56. The Morgan fingerprint density at radius 2 is 1.17 bits per heavy atom. The van der Waals surface area contributed by atoms with E-state index < -0.39 is 41.6 Å². The third kappa shape index (κ3) is 3.75. The summed E-state index contributed by atoms with van der Waals surface area (Å²) in [6.07, 6.45) is 6.40. The molecule has 4 N–H and O–H groups in total. The van der Waals surface area contributed by atoms with Crippen LogP contribution in [0.5, 0.6) is 0 Å². The fourth-order valence-corrected chi connectivity index (χ4v) is 1.72. The van der Waals surface area contributed by atoms with E-state index in [4.69, 9.17) is 0 Å². The van der Waals surface area contributed by atoms with Gasteiger partial charge in [0.1, 0.15) is 11.5 Å². The standard InChI is InChI=1S/C13H10N4O6/c18-8-6(9(19)15-12(22)14-8)4-2-1-3-5-7-10(20)16-13(23)17-11(7)21/h1-6H,(H2,14,15,18,19,22)(H2,16,17,20,21,23)/b3-1+,4-2+. The first-order valence-corrected chi connectivity index (χ1v) is 6.26.